The van der Waals surface area contributed by atoms with E-state index in [1.807, 2.05) is 58.9 Å². The van der Waals surface area contributed by atoms with Crippen molar-refractivity contribution in [3.63, 3.8) is 0 Å². The quantitative estimate of drug-likeness (QED) is 0.113. The van der Waals surface area contributed by atoms with Crippen LogP contribution in [0.2, 0.25) is 0 Å². The van der Waals surface area contributed by atoms with Crippen molar-refractivity contribution in [1.82, 2.24) is 20.5 Å². The summed E-state index contributed by atoms with van der Waals surface area (Å²) in [6.07, 6.45) is 0.930. The molecule has 1 aliphatic heterocycles. The number of aryl methyl sites for hydroxylation is 1. The minimum absolute atomic E-state index is 0.0435. The molecule has 7 N–H and O–H groups in total. The molecule has 1 saturated heterocycles. The van der Waals surface area contributed by atoms with E-state index in [4.69, 9.17) is 16.2 Å². The topological polar surface area (TPSA) is 190 Å². The third-order valence-corrected chi connectivity index (χ3v) is 10.7. The fourth-order valence-electron chi connectivity index (χ4n) is 6.54. The molecule has 0 unspecified atom stereocenters. The van der Waals surface area contributed by atoms with Gasteiger partial charge in [0.1, 0.15) is 24.5 Å². The lowest BCUT2D eigenvalue weighted by molar-refractivity contribution is -0.144. The lowest BCUT2D eigenvalue weighted by Crippen LogP contribution is -2.57. The zero-order valence-electron chi connectivity index (χ0n) is 32.2. The molecule has 4 rings (SSSR count). The van der Waals surface area contributed by atoms with E-state index in [9.17, 15) is 28.7 Å². The minimum atomic E-state index is -0.976. The number of carbonyl (C=O) groups is 4. The SMILES string of the molecule is Cc1ncsc1-c1ccc([C@H](C)NC(=O)[C@@H]2C[C@@H](O)CN2C(=O)[C@@H](NC(=O)CCCCCc2c(F)ccc(OC[C@@H](N)CCC(N)=O)c2F)C(C)(C)C)cc1. The summed E-state index contributed by atoms with van der Waals surface area (Å²) >= 11 is 1.56. The molecule has 12 nitrogen and oxygen atoms in total. The average Bonchev–Trinajstić information content (AvgIpc) is 3.74. The zero-order valence-corrected chi connectivity index (χ0v) is 33.0. The number of nitrogens with two attached hydrogens (primary N) is 2. The van der Waals surface area contributed by atoms with E-state index in [0.29, 0.717) is 19.3 Å². The Hall–Kier alpha value is -4.47. The standard InChI is InChI=1S/C40H54F2N6O6S/c1-23(25-11-13-26(14-12-25)36-24(2)45-22-55-36)46-38(52)31-19-28(49)20-48(31)39(53)37(40(3,4)5)47-34(51)10-8-6-7-9-29-30(41)16-17-32(35(29)42)54-21-27(43)15-18-33(44)50/h11-14,16-17,22-23,27-28,31,37,49H,6-10,15,18-21,43H2,1-5H3,(H2,44,50)(H,46,52)(H,47,51)/t23-,27-,28+,31-,37+/m0/s1. The molecule has 3 aromatic rings. The predicted octanol–water partition coefficient (Wildman–Crippen LogP) is 4.84. The van der Waals surface area contributed by atoms with Crippen LogP contribution in [0.25, 0.3) is 10.4 Å². The van der Waals surface area contributed by atoms with Gasteiger partial charge in [0.25, 0.3) is 0 Å². The van der Waals surface area contributed by atoms with Crippen LogP contribution < -0.4 is 26.8 Å². The molecular formula is C40H54F2N6O6S. The molecule has 0 saturated carbocycles. The number of unbranched alkanes of at least 4 members (excludes halogenated alkanes) is 2. The number of carbonyl (C=O) groups excluding carboxylic acids is 4. The lowest BCUT2D eigenvalue weighted by atomic mass is 9.85. The second-order valence-corrected chi connectivity index (χ2v) is 16.2. The van der Waals surface area contributed by atoms with Crippen molar-refractivity contribution >= 4 is 35.0 Å². The van der Waals surface area contributed by atoms with Crippen molar-refractivity contribution in [2.75, 3.05) is 13.2 Å². The lowest BCUT2D eigenvalue weighted by Gasteiger charge is -2.35. The summed E-state index contributed by atoms with van der Waals surface area (Å²) < 4.78 is 35.1. The van der Waals surface area contributed by atoms with Gasteiger partial charge in [-0.25, -0.2) is 13.8 Å². The monoisotopic (exact) mass is 784 g/mol. The molecule has 300 valence electrons. The smallest absolute Gasteiger partial charge is 0.246 e. The number of nitrogens with zero attached hydrogens (tertiary/aromatic N) is 2. The van der Waals surface area contributed by atoms with Gasteiger partial charge in [-0.2, -0.15) is 0 Å². The van der Waals surface area contributed by atoms with Gasteiger partial charge < -0.3 is 36.8 Å². The van der Waals surface area contributed by atoms with Crippen molar-refractivity contribution in [3.05, 3.63) is 70.4 Å². The van der Waals surface area contributed by atoms with Gasteiger partial charge in [-0.3, -0.25) is 19.2 Å². The number of hydrogen-bond donors (Lipinski definition) is 5. The molecule has 0 spiro atoms. The second kappa shape index (κ2) is 19.4. The van der Waals surface area contributed by atoms with Gasteiger partial charge >= 0.3 is 0 Å². The predicted molar refractivity (Wildman–Crippen MR) is 207 cm³/mol. The van der Waals surface area contributed by atoms with Crippen LogP contribution >= 0.6 is 11.3 Å². The number of likely N-dealkylation sites (tertiary alicyclic amines) is 1. The molecule has 2 aromatic carbocycles. The Morgan fingerprint density at radius 1 is 1.05 bits per heavy atom. The molecule has 2 heterocycles. The van der Waals surface area contributed by atoms with E-state index in [-0.39, 0.29) is 68.5 Å². The Balaban J connectivity index is 1.29. The number of primary amides is 1. The van der Waals surface area contributed by atoms with Crippen LogP contribution in [0.5, 0.6) is 5.75 Å². The highest BCUT2D eigenvalue weighted by Gasteiger charge is 2.44. The van der Waals surface area contributed by atoms with Crippen LogP contribution in [-0.2, 0) is 25.6 Å². The Morgan fingerprint density at radius 3 is 2.40 bits per heavy atom. The Bertz CT molecular complexity index is 1800. The van der Waals surface area contributed by atoms with Crippen LogP contribution in [-0.4, -0.2) is 76.0 Å². The largest absolute Gasteiger partial charge is 0.489 e. The first-order valence-corrected chi connectivity index (χ1v) is 19.6. The van der Waals surface area contributed by atoms with Crippen molar-refractivity contribution in [1.29, 1.82) is 0 Å². The van der Waals surface area contributed by atoms with Crippen molar-refractivity contribution in [2.24, 2.45) is 16.9 Å². The molecule has 0 bridgehead atoms. The maximum Gasteiger partial charge on any atom is 0.246 e. The van der Waals surface area contributed by atoms with E-state index in [1.165, 1.54) is 11.0 Å². The number of halogens is 2. The summed E-state index contributed by atoms with van der Waals surface area (Å²) in [6, 6.07) is 7.34. The van der Waals surface area contributed by atoms with Crippen molar-refractivity contribution in [3.8, 4) is 16.2 Å². The molecule has 1 aromatic heterocycles. The highest BCUT2D eigenvalue weighted by molar-refractivity contribution is 7.13. The fraction of sp³-hybridized carbons (Fsp3) is 0.525. The summed E-state index contributed by atoms with van der Waals surface area (Å²) in [7, 11) is 0. The fourth-order valence-corrected chi connectivity index (χ4v) is 7.35. The van der Waals surface area contributed by atoms with E-state index in [2.05, 4.69) is 15.6 Å². The van der Waals surface area contributed by atoms with Gasteiger partial charge in [0.05, 0.1) is 28.2 Å². The summed E-state index contributed by atoms with van der Waals surface area (Å²) in [5.74, 6) is -3.41. The van der Waals surface area contributed by atoms with Crippen molar-refractivity contribution < 1.29 is 37.8 Å². The van der Waals surface area contributed by atoms with Crippen LogP contribution in [0.3, 0.4) is 0 Å². The number of aliphatic hydroxyl groups excluding tert-OH is 1. The number of nitrogens with one attached hydrogen (secondary N) is 2. The number of hydrogen-bond acceptors (Lipinski definition) is 9. The number of rotatable bonds is 18. The van der Waals surface area contributed by atoms with E-state index < -0.39 is 59.0 Å². The summed E-state index contributed by atoms with van der Waals surface area (Å²) in [5, 5.41) is 16.4. The maximum absolute atomic E-state index is 15.1. The first-order chi connectivity index (χ1) is 26.0. The van der Waals surface area contributed by atoms with Crippen LogP contribution in [0.15, 0.2) is 41.9 Å². The molecule has 1 aliphatic rings. The van der Waals surface area contributed by atoms with Crippen LogP contribution in [0.4, 0.5) is 8.78 Å². The highest BCUT2D eigenvalue weighted by Crippen LogP contribution is 2.30. The Kier molecular flexibility index (Phi) is 15.3. The van der Waals surface area contributed by atoms with E-state index >= 15 is 4.39 Å². The molecule has 0 aliphatic carbocycles. The van der Waals surface area contributed by atoms with Gasteiger partial charge in [-0.15, -0.1) is 11.3 Å². The van der Waals surface area contributed by atoms with Crippen LogP contribution in [0, 0.1) is 24.0 Å². The van der Waals surface area contributed by atoms with Gasteiger partial charge in [0.2, 0.25) is 23.6 Å². The number of aliphatic hydroxyl groups is 1. The molecule has 55 heavy (non-hydrogen) atoms. The van der Waals surface area contributed by atoms with Gasteiger partial charge in [0, 0.05) is 37.4 Å². The number of aromatic nitrogens is 1. The number of amides is 4. The minimum Gasteiger partial charge on any atom is -0.489 e. The maximum atomic E-state index is 15.1. The molecular weight excluding hydrogens is 731 g/mol. The average molecular weight is 785 g/mol. The summed E-state index contributed by atoms with van der Waals surface area (Å²) in [6.45, 7) is 9.13. The molecule has 5 atom stereocenters. The van der Waals surface area contributed by atoms with Gasteiger partial charge in [-0.1, -0.05) is 51.5 Å². The zero-order chi connectivity index (χ0) is 40.4. The molecule has 4 amide bonds. The highest BCUT2D eigenvalue weighted by atomic mass is 32.1. The Morgan fingerprint density at radius 2 is 1.76 bits per heavy atom. The summed E-state index contributed by atoms with van der Waals surface area (Å²) in [4.78, 5) is 58.4. The van der Waals surface area contributed by atoms with Crippen molar-refractivity contribution in [2.45, 2.75) is 116 Å². The molecule has 0 radical (unpaired) electrons. The Labute approximate surface area is 325 Å². The first kappa shape index (κ1) is 43.3. The number of ether oxygens (including phenoxy) is 1. The molecule has 15 heteroatoms. The number of thiazole rings is 1. The van der Waals surface area contributed by atoms with Gasteiger partial charge in [0.15, 0.2) is 11.6 Å². The van der Waals surface area contributed by atoms with E-state index in [1.54, 1.807) is 16.8 Å². The molecule has 1 fully saturated rings. The third-order valence-electron chi connectivity index (χ3n) is 9.76. The third kappa shape index (κ3) is 12.0. The summed E-state index contributed by atoms with van der Waals surface area (Å²) in [5.41, 5.74) is 14.8. The van der Waals surface area contributed by atoms with Gasteiger partial charge in [-0.05, 0) is 68.2 Å². The number of benzene rings is 2. The second-order valence-electron chi connectivity index (χ2n) is 15.4. The van der Waals surface area contributed by atoms with Crippen LogP contribution in [0.1, 0.15) is 95.5 Å². The number of β-amino-alcohol motifs (C(OH)–C–C–N with tert-alkyl or cyclic N) is 1. The van der Waals surface area contributed by atoms with E-state index in [0.717, 1.165) is 27.8 Å². The normalized spacial score (nSPS) is 17.4. The first-order valence-electron chi connectivity index (χ1n) is 18.7.